The van der Waals surface area contributed by atoms with Gasteiger partial charge in [0.2, 0.25) is 0 Å². The molecule has 1 aromatic rings. The van der Waals surface area contributed by atoms with Crippen LogP contribution in [0.4, 0.5) is 0 Å². The molecule has 0 heterocycles. The van der Waals surface area contributed by atoms with Crippen molar-refractivity contribution in [2.45, 2.75) is 26.0 Å². The molecule has 0 radical (unpaired) electrons. The summed E-state index contributed by atoms with van der Waals surface area (Å²) in [6, 6.07) is 6.80. The number of nitrogens with one attached hydrogen (secondary N) is 2. The Morgan fingerprint density at radius 3 is 2.86 bits per heavy atom. The van der Waals surface area contributed by atoms with Crippen LogP contribution in [-0.2, 0) is 9.47 Å². The van der Waals surface area contributed by atoms with Crippen LogP contribution in [0.25, 0.3) is 10.4 Å². The van der Waals surface area contributed by atoms with Crippen molar-refractivity contribution in [2.75, 3.05) is 45.8 Å². The predicted octanol–water partition coefficient (Wildman–Crippen LogP) is 3.13. The summed E-state index contributed by atoms with van der Waals surface area (Å²) in [5, 5.41) is 6.52. The fraction of sp³-hybridized carbons (Fsp3) is 0.611. The van der Waals surface area contributed by atoms with Gasteiger partial charge in [0.1, 0.15) is 12.4 Å². The SMILES string of the molecule is CCCOCCOC(C)(COc1cccc(C(=O)NCCNSC)c1)N=[N+]=[N-]. The second-order valence-corrected chi connectivity index (χ2v) is 6.69. The first-order valence-corrected chi connectivity index (χ1v) is 10.3. The number of azide groups is 1. The number of rotatable bonds is 15. The number of hydrogen-bond donors (Lipinski definition) is 2. The molecule has 0 aliphatic carbocycles. The molecule has 0 saturated heterocycles. The van der Waals surface area contributed by atoms with Crippen molar-refractivity contribution >= 4 is 17.9 Å². The standard InChI is InChI=1S/C18H29N5O4S/c1-4-10-25-11-12-27-18(2,22-23-19)14-26-16-7-5-6-15(13-16)17(24)20-8-9-21-28-3/h5-7,13,21H,4,8-12,14H2,1-3H3,(H,20,24). The van der Waals surface area contributed by atoms with Crippen LogP contribution in [0.5, 0.6) is 5.75 Å². The van der Waals surface area contributed by atoms with E-state index in [9.17, 15) is 4.79 Å². The van der Waals surface area contributed by atoms with E-state index in [0.29, 0.717) is 37.6 Å². The van der Waals surface area contributed by atoms with E-state index >= 15 is 0 Å². The number of carbonyl (C=O) groups is 1. The molecule has 1 amide bonds. The molecule has 1 unspecified atom stereocenters. The molecular formula is C18H29N5O4S. The summed E-state index contributed by atoms with van der Waals surface area (Å²) in [7, 11) is 0. The topological polar surface area (TPSA) is 118 Å². The lowest BCUT2D eigenvalue weighted by Crippen LogP contribution is -2.34. The molecular weight excluding hydrogens is 382 g/mol. The van der Waals surface area contributed by atoms with E-state index in [1.807, 2.05) is 13.2 Å². The summed E-state index contributed by atoms with van der Waals surface area (Å²) in [4.78, 5) is 15.0. The van der Waals surface area contributed by atoms with E-state index in [0.717, 1.165) is 6.42 Å². The van der Waals surface area contributed by atoms with Crippen LogP contribution in [0.15, 0.2) is 29.4 Å². The summed E-state index contributed by atoms with van der Waals surface area (Å²) in [6.07, 6.45) is 2.85. The van der Waals surface area contributed by atoms with E-state index in [1.54, 1.807) is 31.2 Å². The number of benzene rings is 1. The molecule has 1 rings (SSSR count). The van der Waals surface area contributed by atoms with Crippen LogP contribution in [0.2, 0.25) is 0 Å². The monoisotopic (exact) mass is 411 g/mol. The highest BCUT2D eigenvalue weighted by molar-refractivity contribution is 7.96. The van der Waals surface area contributed by atoms with Gasteiger partial charge in [0.05, 0.1) is 13.2 Å². The Labute approximate surface area is 170 Å². The van der Waals surface area contributed by atoms with Crippen LogP contribution in [0.1, 0.15) is 30.6 Å². The fourth-order valence-electron chi connectivity index (χ4n) is 2.14. The van der Waals surface area contributed by atoms with Gasteiger partial charge < -0.3 is 19.5 Å². The van der Waals surface area contributed by atoms with Gasteiger partial charge in [-0.1, -0.05) is 30.1 Å². The minimum Gasteiger partial charge on any atom is -0.490 e. The molecule has 0 spiro atoms. The Kier molecular flexibility index (Phi) is 12.1. The molecule has 1 aromatic carbocycles. The maximum Gasteiger partial charge on any atom is 0.251 e. The summed E-state index contributed by atoms with van der Waals surface area (Å²) in [5.41, 5.74) is 8.12. The fourth-order valence-corrected chi connectivity index (χ4v) is 2.44. The van der Waals surface area contributed by atoms with Gasteiger partial charge in [-0.3, -0.25) is 9.52 Å². The van der Waals surface area contributed by atoms with Crippen molar-refractivity contribution < 1.29 is 19.0 Å². The molecule has 10 heteroatoms. The molecule has 0 aliphatic rings. The largest absolute Gasteiger partial charge is 0.490 e. The van der Waals surface area contributed by atoms with Crippen molar-refractivity contribution in [1.29, 1.82) is 0 Å². The van der Waals surface area contributed by atoms with Gasteiger partial charge in [0.25, 0.3) is 5.91 Å². The van der Waals surface area contributed by atoms with Crippen molar-refractivity contribution in [3.8, 4) is 5.75 Å². The smallest absolute Gasteiger partial charge is 0.251 e. The minimum atomic E-state index is -1.17. The van der Waals surface area contributed by atoms with Gasteiger partial charge >= 0.3 is 0 Å². The third-order valence-corrected chi connectivity index (χ3v) is 4.00. The Balaban J connectivity index is 2.58. The number of ether oxygens (including phenoxy) is 3. The summed E-state index contributed by atoms with van der Waals surface area (Å²) < 4.78 is 19.8. The lowest BCUT2D eigenvalue weighted by atomic mass is 10.2. The highest BCUT2D eigenvalue weighted by Gasteiger charge is 2.25. The summed E-state index contributed by atoms with van der Waals surface area (Å²) in [6.45, 7) is 6.21. The highest BCUT2D eigenvalue weighted by atomic mass is 32.2. The van der Waals surface area contributed by atoms with Gasteiger partial charge in [0.15, 0.2) is 5.72 Å². The summed E-state index contributed by atoms with van der Waals surface area (Å²) in [5.74, 6) is 0.301. The zero-order chi connectivity index (χ0) is 20.7. The molecule has 0 fully saturated rings. The Morgan fingerprint density at radius 2 is 2.14 bits per heavy atom. The Morgan fingerprint density at radius 1 is 1.32 bits per heavy atom. The van der Waals surface area contributed by atoms with Gasteiger partial charge in [0, 0.05) is 30.2 Å². The second kappa shape index (κ2) is 14.1. The minimum absolute atomic E-state index is 0.00749. The Bertz CT molecular complexity index is 642. The van der Waals surface area contributed by atoms with Crippen molar-refractivity contribution in [2.24, 2.45) is 5.11 Å². The number of nitrogens with zero attached hydrogens (tertiary/aromatic N) is 3. The number of amides is 1. The van der Waals surface area contributed by atoms with Crippen LogP contribution in [-0.4, -0.2) is 57.4 Å². The lowest BCUT2D eigenvalue weighted by molar-refractivity contribution is -0.0745. The second-order valence-electron chi connectivity index (χ2n) is 6.00. The van der Waals surface area contributed by atoms with E-state index in [-0.39, 0.29) is 19.1 Å². The first kappa shape index (κ1) is 24.1. The van der Waals surface area contributed by atoms with Crippen molar-refractivity contribution in [1.82, 2.24) is 10.0 Å². The van der Waals surface area contributed by atoms with Crippen LogP contribution >= 0.6 is 11.9 Å². The maximum absolute atomic E-state index is 12.2. The van der Waals surface area contributed by atoms with E-state index in [1.165, 1.54) is 11.9 Å². The normalized spacial score (nSPS) is 12.7. The van der Waals surface area contributed by atoms with Crippen LogP contribution in [0.3, 0.4) is 0 Å². The predicted molar refractivity (Wildman–Crippen MR) is 110 cm³/mol. The highest BCUT2D eigenvalue weighted by Crippen LogP contribution is 2.19. The van der Waals surface area contributed by atoms with Crippen molar-refractivity contribution in [3.05, 3.63) is 40.3 Å². The van der Waals surface area contributed by atoms with Gasteiger partial charge in [-0.05, 0) is 43.3 Å². The van der Waals surface area contributed by atoms with Crippen LogP contribution < -0.4 is 14.8 Å². The lowest BCUT2D eigenvalue weighted by Gasteiger charge is -2.24. The molecule has 0 bridgehead atoms. The molecule has 0 aliphatic heterocycles. The maximum atomic E-state index is 12.2. The third-order valence-electron chi connectivity index (χ3n) is 3.51. The zero-order valence-electron chi connectivity index (χ0n) is 16.6. The number of carbonyl (C=O) groups excluding carboxylic acids is 1. The van der Waals surface area contributed by atoms with Gasteiger partial charge in [-0.25, -0.2) is 0 Å². The Hall–Kier alpha value is -1.97. The molecule has 0 saturated carbocycles. The van der Waals surface area contributed by atoms with Crippen LogP contribution in [0, 0.1) is 0 Å². The molecule has 28 heavy (non-hydrogen) atoms. The molecule has 2 N–H and O–H groups in total. The zero-order valence-corrected chi connectivity index (χ0v) is 17.5. The first-order valence-electron chi connectivity index (χ1n) is 9.09. The van der Waals surface area contributed by atoms with E-state index in [4.69, 9.17) is 19.7 Å². The first-order chi connectivity index (χ1) is 13.5. The molecule has 9 nitrogen and oxygen atoms in total. The average Bonchev–Trinajstić information content (AvgIpc) is 2.70. The number of hydrogen-bond acceptors (Lipinski definition) is 7. The van der Waals surface area contributed by atoms with E-state index in [2.05, 4.69) is 20.1 Å². The third kappa shape index (κ3) is 9.82. The quantitative estimate of drug-likeness (QED) is 0.150. The van der Waals surface area contributed by atoms with Gasteiger partial charge in [-0.2, -0.15) is 0 Å². The van der Waals surface area contributed by atoms with Gasteiger partial charge in [-0.15, -0.1) is 0 Å². The molecule has 156 valence electrons. The van der Waals surface area contributed by atoms with Crippen molar-refractivity contribution in [3.63, 3.8) is 0 Å². The van der Waals surface area contributed by atoms with E-state index < -0.39 is 5.72 Å². The average molecular weight is 412 g/mol. The molecule has 1 atom stereocenters. The molecule has 0 aromatic heterocycles. The summed E-state index contributed by atoms with van der Waals surface area (Å²) >= 11 is 1.50.